The second-order valence-corrected chi connectivity index (χ2v) is 5.11. The molecule has 1 aromatic heterocycles. The largest absolute Gasteiger partial charge is 0.376 e. The summed E-state index contributed by atoms with van der Waals surface area (Å²) in [5.74, 6) is 0. The standard InChI is InChI=1S/C13H23N3O/c1-10(2)14-7-12-8-15-16(11(12)3)9-13-5-4-6-17-13/h8,10,13-14H,4-7,9H2,1-3H3. The van der Waals surface area contributed by atoms with Gasteiger partial charge in [-0.15, -0.1) is 0 Å². The van der Waals surface area contributed by atoms with Crippen molar-refractivity contribution in [2.75, 3.05) is 6.61 Å². The van der Waals surface area contributed by atoms with Gasteiger partial charge in [0.25, 0.3) is 0 Å². The third-order valence-electron chi connectivity index (χ3n) is 3.31. The molecule has 0 saturated carbocycles. The molecule has 1 atom stereocenters. The summed E-state index contributed by atoms with van der Waals surface area (Å²) in [7, 11) is 0. The van der Waals surface area contributed by atoms with Crippen molar-refractivity contribution in [2.45, 2.75) is 58.8 Å². The van der Waals surface area contributed by atoms with Gasteiger partial charge in [-0.1, -0.05) is 13.8 Å². The van der Waals surface area contributed by atoms with E-state index in [2.05, 4.69) is 35.9 Å². The second kappa shape index (κ2) is 5.65. The molecule has 0 aromatic carbocycles. The fourth-order valence-electron chi connectivity index (χ4n) is 2.14. The van der Waals surface area contributed by atoms with E-state index in [1.54, 1.807) is 0 Å². The molecule has 0 amide bonds. The maximum atomic E-state index is 5.64. The zero-order valence-electron chi connectivity index (χ0n) is 11.1. The zero-order chi connectivity index (χ0) is 12.3. The fourth-order valence-corrected chi connectivity index (χ4v) is 2.14. The summed E-state index contributed by atoms with van der Waals surface area (Å²) in [6.07, 6.45) is 4.69. The van der Waals surface area contributed by atoms with Crippen LogP contribution in [0.5, 0.6) is 0 Å². The molecule has 1 fully saturated rings. The average molecular weight is 237 g/mol. The Labute approximate surface area is 103 Å². The van der Waals surface area contributed by atoms with Crippen LogP contribution in [0.3, 0.4) is 0 Å². The lowest BCUT2D eigenvalue weighted by atomic mass is 10.2. The molecule has 1 N–H and O–H groups in total. The van der Waals surface area contributed by atoms with Gasteiger partial charge in [0, 0.05) is 30.5 Å². The highest BCUT2D eigenvalue weighted by atomic mass is 16.5. The minimum atomic E-state index is 0.361. The number of hydrogen-bond donors (Lipinski definition) is 1. The number of nitrogens with one attached hydrogen (secondary N) is 1. The van der Waals surface area contributed by atoms with Crippen LogP contribution in [0, 0.1) is 6.92 Å². The van der Waals surface area contributed by atoms with Gasteiger partial charge in [0.05, 0.1) is 18.8 Å². The average Bonchev–Trinajstić information content (AvgIpc) is 2.89. The summed E-state index contributed by atoms with van der Waals surface area (Å²) in [4.78, 5) is 0. The van der Waals surface area contributed by atoms with E-state index in [0.29, 0.717) is 12.1 Å². The molecule has 2 rings (SSSR count). The molecular weight excluding hydrogens is 214 g/mol. The first-order valence-corrected chi connectivity index (χ1v) is 6.53. The molecule has 0 aliphatic carbocycles. The molecule has 96 valence electrons. The van der Waals surface area contributed by atoms with Crippen LogP contribution in [0.15, 0.2) is 6.20 Å². The predicted octanol–water partition coefficient (Wildman–Crippen LogP) is 1.87. The molecule has 0 radical (unpaired) electrons. The van der Waals surface area contributed by atoms with E-state index in [9.17, 15) is 0 Å². The van der Waals surface area contributed by atoms with Gasteiger partial charge in [0.15, 0.2) is 0 Å². The third-order valence-corrected chi connectivity index (χ3v) is 3.31. The van der Waals surface area contributed by atoms with Crippen LogP contribution in [0.4, 0.5) is 0 Å². The number of rotatable bonds is 5. The quantitative estimate of drug-likeness (QED) is 0.849. The Morgan fingerprint density at radius 2 is 2.41 bits per heavy atom. The molecule has 1 aliphatic rings. The van der Waals surface area contributed by atoms with Crippen LogP contribution in [0.1, 0.15) is 37.9 Å². The van der Waals surface area contributed by atoms with Gasteiger partial charge in [0.1, 0.15) is 0 Å². The first-order valence-electron chi connectivity index (χ1n) is 6.53. The van der Waals surface area contributed by atoms with Gasteiger partial charge >= 0.3 is 0 Å². The maximum absolute atomic E-state index is 5.64. The molecule has 1 unspecified atom stereocenters. The predicted molar refractivity (Wildman–Crippen MR) is 67.9 cm³/mol. The first-order chi connectivity index (χ1) is 8.16. The minimum absolute atomic E-state index is 0.361. The Morgan fingerprint density at radius 3 is 3.06 bits per heavy atom. The lowest BCUT2D eigenvalue weighted by molar-refractivity contribution is 0.0934. The van der Waals surface area contributed by atoms with Gasteiger partial charge in [-0.05, 0) is 19.8 Å². The molecule has 1 aromatic rings. The van der Waals surface area contributed by atoms with Crippen molar-refractivity contribution in [1.82, 2.24) is 15.1 Å². The fraction of sp³-hybridized carbons (Fsp3) is 0.769. The molecular formula is C13H23N3O. The van der Waals surface area contributed by atoms with E-state index < -0.39 is 0 Å². The van der Waals surface area contributed by atoms with Crippen molar-refractivity contribution in [3.8, 4) is 0 Å². The monoisotopic (exact) mass is 237 g/mol. The Bertz CT molecular complexity index is 354. The van der Waals surface area contributed by atoms with Crippen LogP contribution in [-0.4, -0.2) is 28.5 Å². The highest BCUT2D eigenvalue weighted by Crippen LogP contribution is 2.16. The topological polar surface area (TPSA) is 39.1 Å². The van der Waals surface area contributed by atoms with E-state index in [0.717, 1.165) is 19.7 Å². The van der Waals surface area contributed by atoms with Crippen LogP contribution in [-0.2, 0) is 17.8 Å². The number of aromatic nitrogens is 2. The highest BCUT2D eigenvalue weighted by Gasteiger charge is 2.17. The normalized spacial score (nSPS) is 20.4. The van der Waals surface area contributed by atoms with Gasteiger partial charge in [-0.2, -0.15) is 5.10 Å². The highest BCUT2D eigenvalue weighted by molar-refractivity contribution is 5.16. The summed E-state index contributed by atoms with van der Waals surface area (Å²) in [5, 5.41) is 7.88. The Hall–Kier alpha value is -0.870. The van der Waals surface area contributed by atoms with Crippen LogP contribution < -0.4 is 5.32 Å². The van der Waals surface area contributed by atoms with Crippen LogP contribution >= 0.6 is 0 Å². The van der Waals surface area contributed by atoms with Crippen LogP contribution in [0.2, 0.25) is 0 Å². The van der Waals surface area contributed by atoms with Gasteiger partial charge < -0.3 is 10.1 Å². The van der Waals surface area contributed by atoms with E-state index in [4.69, 9.17) is 4.74 Å². The summed E-state index contributed by atoms with van der Waals surface area (Å²) in [6, 6.07) is 0.510. The Morgan fingerprint density at radius 1 is 1.59 bits per heavy atom. The van der Waals surface area contributed by atoms with E-state index in [1.807, 2.05) is 6.20 Å². The lowest BCUT2D eigenvalue weighted by Gasteiger charge is -2.12. The zero-order valence-corrected chi connectivity index (χ0v) is 11.1. The van der Waals surface area contributed by atoms with Gasteiger partial charge in [-0.3, -0.25) is 4.68 Å². The van der Waals surface area contributed by atoms with Crippen molar-refractivity contribution < 1.29 is 4.74 Å². The Kier molecular flexibility index (Phi) is 4.18. The van der Waals surface area contributed by atoms with Gasteiger partial charge in [0.2, 0.25) is 0 Å². The number of ether oxygens (including phenoxy) is 1. The smallest absolute Gasteiger partial charge is 0.0771 e. The molecule has 4 nitrogen and oxygen atoms in total. The molecule has 0 bridgehead atoms. The molecule has 1 aliphatic heterocycles. The van der Waals surface area contributed by atoms with Crippen molar-refractivity contribution in [2.24, 2.45) is 0 Å². The lowest BCUT2D eigenvalue weighted by Crippen LogP contribution is -2.22. The summed E-state index contributed by atoms with van der Waals surface area (Å²) >= 11 is 0. The third kappa shape index (κ3) is 3.30. The van der Waals surface area contributed by atoms with Crippen LogP contribution in [0.25, 0.3) is 0 Å². The van der Waals surface area contributed by atoms with Crippen molar-refractivity contribution in [3.63, 3.8) is 0 Å². The Balaban J connectivity index is 1.94. The molecule has 17 heavy (non-hydrogen) atoms. The molecule has 4 heteroatoms. The van der Waals surface area contributed by atoms with Gasteiger partial charge in [-0.25, -0.2) is 0 Å². The minimum Gasteiger partial charge on any atom is -0.376 e. The van der Waals surface area contributed by atoms with Crippen molar-refractivity contribution in [1.29, 1.82) is 0 Å². The van der Waals surface area contributed by atoms with Crippen molar-refractivity contribution in [3.05, 3.63) is 17.5 Å². The maximum Gasteiger partial charge on any atom is 0.0771 e. The summed E-state index contributed by atoms with van der Waals surface area (Å²) in [5.41, 5.74) is 2.55. The second-order valence-electron chi connectivity index (χ2n) is 5.11. The van der Waals surface area contributed by atoms with E-state index in [1.165, 1.54) is 24.1 Å². The molecule has 0 spiro atoms. The SMILES string of the molecule is Cc1c(CNC(C)C)cnn1CC1CCCO1. The summed E-state index contributed by atoms with van der Waals surface area (Å²) < 4.78 is 7.72. The van der Waals surface area contributed by atoms with Crippen molar-refractivity contribution >= 4 is 0 Å². The molecule has 1 saturated heterocycles. The number of hydrogen-bond acceptors (Lipinski definition) is 3. The molecule has 2 heterocycles. The number of nitrogens with zero attached hydrogens (tertiary/aromatic N) is 2. The van der Waals surface area contributed by atoms with E-state index >= 15 is 0 Å². The first kappa shape index (κ1) is 12.6. The summed E-state index contributed by atoms with van der Waals surface area (Å²) in [6.45, 7) is 9.16. The van der Waals surface area contributed by atoms with E-state index in [-0.39, 0.29) is 0 Å².